The van der Waals surface area contributed by atoms with Crippen LogP contribution in [-0.4, -0.2) is 20.7 Å². The van der Waals surface area contributed by atoms with Crippen LogP contribution in [0.1, 0.15) is 67.0 Å². The quantitative estimate of drug-likeness (QED) is 0.898. The van der Waals surface area contributed by atoms with E-state index in [0.717, 1.165) is 28.6 Å². The molecule has 0 amide bonds. The van der Waals surface area contributed by atoms with Crippen molar-refractivity contribution in [2.24, 2.45) is 0 Å². The number of carbonyl (C=O) groups is 1. The molecule has 2 N–H and O–H groups in total. The fourth-order valence-electron chi connectivity index (χ4n) is 3.19. The second-order valence-electron chi connectivity index (χ2n) is 5.84. The van der Waals surface area contributed by atoms with Crippen LogP contribution in [0.4, 0.5) is 0 Å². The Labute approximate surface area is 125 Å². The first-order valence-electron chi connectivity index (χ1n) is 7.38. The van der Waals surface area contributed by atoms with E-state index in [1.807, 2.05) is 38.3 Å². The molecular weight excluding hydrogens is 266 g/mol. The molecule has 4 nitrogen and oxygen atoms in total. The molecule has 114 valence electrons. The summed E-state index contributed by atoms with van der Waals surface area (Å²) in [4.78, 5) is 11.7. The van der Waals surface area contributed by atoms with Crippen molar-refractivity contribution in [1.82, 2.24) is 4.57 Å². The highest BCUT2D eigenvalue weighted by Gasteiger charge is 2.24. The van der Waals surface area contributed by atoms with Crippen LogP contribution in [0.25, 0.3) is 10.9 Å². The fourth-order valence-corrected chi connectivity index (χ4v) is 3.19. The lowest BCUT2D eigenvalue weighted by Gasteiger charge is -2.14. The molecule has 1 aromatic heterocycles. The average Bonchev–Trinajstić information content (AvgIpc) is 2.68. The average molecular weight is 289 g/mol. The van der Waals surface area contributed by atoms with Gasteiger partial charge in [-0.05, 0) is 51.8 Å². The van der Waals surface area contributed by atoms with Crippen LogP contribution in [0.15, 0.2) is 12.1 Å². The van der Waals surface area contributed by atoms with Gasteiger partial charge < -0.3 is 14.8 Å². The summed E-state index contributed by atoms with van der Waals surface area (Å²) in [5.41, 5.74) is 3.76. The van der Waals surface area contributed by atoms with Crippen molar-refractivity contribution in [1.29, 1.82) is 0 Å². The van der Waals surface area contributed by atoms with Crippen LogP contribution in [0.5, 0.6) is 0 Å². The Balaban J connectivity index is 3.03. The maximum Gasteiger partial charge on any atom is 0.337 e. The number of benzene rings is 1. The molecular formula is C17H23NO3. The Kier molecular flexibility index (Phi) is 4.10. The number of hydrogen-bond acceptors (Lipinski definition) is 2. The number of rotatable bonds is 4. The van der Waals surface area contributed by atoms with Gasteiger partial charge in [0.05, 0.1) is 17.2 Å². The van der Waals surface area contributed by atoms with E-state index in [9.17, 15) is 15.0 Å². The summed E-state index contributed by atoms with van der Waals surface area (Å²) in [6.45, 7) is 9.72. The molecule has 0 saturated carbocycles. The number of aliphatic hydroxyl groups is 1. The van der Waals surface area contributed by atoms with Crippen molar-refractivity contribution in [3.63, 3.8) is 0 Å². The number of carboxylic acids is 1. The lowest BCUT2D eigenvalue weighted by Crippen LogP contribution is -2.08. The molecule has 0 spiro atoms. The van der Waals surface area contributed by atoms with Crippen LogP contribution >= 0.6 is 0 Å². The van der Waals surface area contributed by atoms with Gasteiger partial charge >= 0.3 is 5.97 Å². The molecule has 1 atom stereocenters. The van der Waals surface area contributed by atoms with Gasteiger partial charge in [0.15, 0.2) is 0 Å². The largest absolute Gasteiger partial charge is 0.478 e. The van der Waals surface area contributed by atoms with E-state index in [4.69, 9.17) is 0 Å². The zero-order chi connectivity index (χ0) is 15.9. The molecule has 21 heavy (non-hydrogen) atoms. The molecule has 0 saturated heterocycles. The summed E-state index contributed by atoms with van der Waals surface area (Å²) >= 11 is 0. The SMILES string of the molecule is CCc1cc(C(=O)O)c2c(c1)c(C(C)O)c(C)n2C(C)C. The zero-order valence-corrected chi connectivity index (χ0v) is 13.3. The minimum absolute atomic E-state index is 0.130. The van der Waals surface area contributed by atoms with Gasteiger partial charge in [-0.25, -0.2) is 4.79 Å². The third-order valence-electron chi connectivity index (χ3n) is 4.02. The number of aryl methyl sites for hydroxylation is 1. The van der Waals surface area contributed by atoms with Gasteiger partial charge in [-0.3, -0.25) is 0 Å². The van der Waals surface area contributed by atoms with Crippen LogP contribution in [0.3, 0.4) is 0 Å². The number of aromatic nitrogens is 1. The van der Waals surface area contributed by atoms with Crippen molar-refractivity contribution < 1.29 is 15.0 Å². The molecule has 2 rings (SSSR count). The Morgan fingerprint density at radius 2 is 1.90 bits per heavy atom. The van der Waals surface area contributed by atoms with E-state index in [1.165, 1.54) is 0 Å². The number of carboxylic acid groups (broad SMARTS) is 1. The highest BCUT2D eigenvalue weighted by atomic mass is 16.4. The summed E-state index contributed by atoms with van der Waals surface area (Å²) in [6.07, 6.45) is 0.141. The van der Waals surface area contributed by atoms with Gasteiger partial charge in [0.2, 0.25) is 0 Å². The van der Waals surface area contributed by atoms with E-state index in [1.54, 1.807) is 13.0 Å². The third-order valence-corrected chi connectivity index (χ3v) is 4.02. The highest BCUT2D eigenvalue weighted by Crippen LogP contribution is 2.36. The molecule has 4 heteroatoms. The Morgan fingerprint density at radius 3 is 2.33 bits per heavy atom. The van der Waals surface area contributed by atoms with Gasteiger partial charge in [0, 0.05) is 22.7 Å². The first-order chi connectivity index (χ1) is 9.79. The Hall–Kier alpha value is -1.81. The van der Waals surface area contributed by atoms with Gasteiger partial charge in [-0.1, -0.05) is 6.92 Å². The number of aromatic carboxylic acids is 1. The summed E-state index contributed by atoms with van der Waals surface area (Å²) in [5, 5.41) is 20.6. The normalized spacial score (nSPS) is 13.1. The molecule has 0 bridgehead atoms. The number of fused-ring (bicyclic) bond motifs is 1. The summed E-state index contributed by atoms with van der Waals surface area (Å²) in [5.74, 6) is -0.924. The maximum absolute atomic E-state index is 11.7. The minimum Gasteiger partial charge on any atom is -0.478 e. The molecule has 0 fully saturated rings. The van der Waals surface area contributed by atoms with Crippen molar-refractivity contribution in [2.45, 2.75) is 53.2 Å². The van der Waals surface area contributed by atoms with Crippen LogP contribution in [-0.2, 0) is 6.42 Å². The van der Waals surface area contributed by atoms with Gasteiger partial charge in [-0.15, -0.1) is 0 Å². The number of aliphatic hydroxyl groups excluding tert-OH is 1. The molecule has 0 aliphatic carbocycles. The van der Waals surface area contributed by atoms with Gasteiger partial charge in [0.1, 0.15) is 0 Å². The molecule has 1 heterocycles. The zero-order valence-electron chi connectivity index (χ0n) is 13.3. The van der Waals surface area contributed by atoms with E-state index in [2.05, 4.69) is 0 Å². The molecule has 1 aromatic carbocycles. The van der Waals surface area contributed by atoms with Gasteiger partial charge in [0.25, 0.3) is 0 Å². The fraction of sp³-hybridized carbons (Fsp3) is 0.471. The second-order valence-corrected chi connectivity index (χ2v) is 5.84. The standard InChI is InChI=1S/C17H23NO3/c1-6-12-7-13-15(11(5)19)10(4)18(9(2)3)16(13)14(8-12)17(20)21/h7-9,11,19H,6H2,1-5H3,(H,20,21). The predicted octanol–water partition coefficient (Wildman–Crippen LogP) is 3.84. The van der Waals surface area contributed by atoms with Crippen LogP contribution < -0.4 is 0 Å². The third kappa shape index (κ3) is 2.44. The first kappa shape index (κ1) is 15.6. The first-order valence-corrected chi connectivity index (χ1v) is 7.38. The number of hydrogen-bond donors (Lipinski definition) is 2. The van der Waals surface area contributed by atoms with Crippen molar-refractivity contribution in [3.05, 3.63) is 34.5 Å². The molecule has 2 aromatic rings. The molecule has 0 aliphatic heterocycles. The maximum atomic E-state index is 11.7. The monoisotopic (exact) mass is 289 g/mol. The van der Waals surface area contributed by atoms with Gasteiger partial charge in [-0.2, -0.15) is 0 Å². The summed E-state index contributed by atoms with van der Waals surface area (Å²) < 4.78 is 2.01. The molecule has 0 aliphatic rings. The second kappa shape index (κ2) is 5.53. The summed E-state index contributed by atoms with van der Waals surface area (Å²) in [6, 6.07) is 3.88. The highest BCUT2D eigenvalue weighted by molar-refractivity contribution is 6.04. The predicted molar refractivity (Wildman–Crippen MR) is 84.0 cm³/mol. The Bertz CT molecular complexity index is 696. The van der Waals surface area contributed by atoms with Crippen molar-refractivity contribution in [3.8, 4) is 0 Å². The number of nitrogens with zero attached hydrogens (tertiary/aromatic N) is 1. The lowest BCUT2D eigenvalue weighted by atomic mass is 10.00. The Morgan fingerprint density at radius 1 is 1.29 bits per heavy atom. The molecule has 1 unspecified atom stereocenters. The topological polar surface area (TPSA) is 62.5 Å². The van der Waals surface area contributed by atoms with Crippen LogP contribution in [0, 0.1) is 6.92 Å². The minimum atomic E-state index is -0.924. The molecule has 0 radical (unpaired) electrons. The lowest BCUT2D eigenvalue weighted by molar-refractivity contribution is 0.0698. The van der Waals surface area contributed by atoms with Crippen molar-refractivity contribution >= 4 is 16.9 Å². The smallest absolute Gasteiger partial charge is 0.337 e. The summed E-state index contributed by atoms with van der Waals surface area (Å²) in [7, 11) is 0. The van der Waals surface area contributed by atoms with Crippen LogP contribution in [0.2, 0.25) is 0 Å². The van der Waals surface area contributed by atoms with Crippen molar-refractivity contribution in [2.75, 3.05) is 0 Å². The van der Waals surface area contributed by atoms with E-state index >= 15 is 0 Å². The van der Waals surface area contributed by atoms with E-state index in [-0.39, 0.29) is 6.04 Å². The van der Waals surface area contributed by atoms with E-state index < -0.39 is 12.1 Å². The van der Waals surface area contributed by atoms with E-state index in [0.29, 0.717) is 11.1 Å².